The second-order valence-electron chi connectivity index (χ2n) is 5.75. The zero-order valence-electron chi connectivity index (χ0n) is 15.0. The first-order chi connectivity index (χ1) is 13.7. The maximum atomic E-state index is 12.9. The van der Waals surface area contributed by atoms with Gasteiger partial charge in [0.25, 0.3) is 0 Å². The topological polar surface area (TPSA) is 0 Å². The van der Waals surface area contributed by atoms with Gasteiger partial charge in [0, 0.05) is 0 Å². The summed E-state index contributed by atoms with van der Waals surface area (Å²) in [7, 11) is 0. The molecule has 0 fully saturated rings. The summed E-state index contributed by atoms with van der Waals surface area (Å²) in [5.41, 5.74) is 3.92. The van der Waals surface area contributed by atoms with E-state index in [1.54, 1.807) is 12.1 Å². The molecule has 4 heteroatoms. The molecule has 4 rings (SSSR count). The molecule has 4 aromatic carbocycles. The van der Waals surface area contributed by atoms with Crippen LogP contribution < -0.4 is 0 Å². The minimum atomic E-state index is -0.193. The van der Waals surface area contributed by atoms with Crippen LogP contribution in [0.25, 0.3) is 22.3 Å². The van der Waals surface area contributed by atoms with Crippen molar-refractivity contribution >= 4 is 28.4 Å². The number of hydrogen-bond acceptors (Lipinski definition) is 0. The third-order valence-corrected chi connectivity index (χ3v) is 3.86. The summed E-state index contributed by atoms with van der Waals surface area (Å²) < 4.78 is 25.7. The molecule has 0 amide bonds. The average Bonchev–Trinajstić information content (AvgIpc) is 2.77. The summed E-state index contributed by atoms with van der Waals surface area (Å²) in [5.74, 6) is -0.386. The van der Waals surface area contributed by atoms with Crippen LogP contribution in [0.5, 0.6) is 0 Å². The Morgan fingerprint density at radius 3 is 1.04 bits per heavy atom. The Hall–Kier alpha value is -2.22. The van der Waals surface area contributed by atoms with Gasteiger partial charge >= 0.3 is 28.4 Å². The van der Waals surface area contributed by atoms with Crippen molar-refractivity contribution in [3.8, 4) is 22.3 Å². The standard InChI is InChI=1S/2C12H9F.Se2/c2*13-12-8-4-7-11(9-12)10-5-2-1-3-6-10;1-2/h2*1-9H;. The summed E-state index contributed by atoms with van der Waals surface area (Å²) in [6.45, 7) is 0. The maximum absolute atomic E-state index is 12.9. The zero-order chi connectivity index (χ0) is 20.2. The molecule has 0 N–H and O–H groups in total. The van der Waals surface area contributed by atoms with Crippen molar-refractivity contribution in [2.45, 2.75) is 0 Å². The fraction of sp³-hybridized carbons (Fsp3) is 0. The van der Waals surface area contributed by atoms with E-state index in [9.17, 15) is 8.78 Å². The molecule has 0 aliphatic heterocycles. The van der Waals surface area contributed by atoms with E-state index in [1.807, 2.05) is 72.8 Å². The second kappa shape index (κ2) is 12.3. The molecule has 0 saturated carbocycles. The van der Waals surface area contributed by atoms with E-state index < -0.39 is 0 Å². The van der Waals surface area contributed by atoms with Gasteiger partial charge < -0.3 is 0 Å². The SMILES string of the molecule is Fc1cccc(-c2ccccc2)c1.Fc1cccc(-c2ccccc2)c1.[Se][Se]. The summed E-state index contributed by atoms with van der Waals surface area (Å²) >= 11 is 5.00. The van der Waals surface area contributed by atoms with E-state index in [-0.39, 0.29) is 11.6 Å². The molecule has 0 spiro atoms. The van der Waals surface area contributed by atoms with Crippen molar-refractivity contribution in [2.75, 3.05) is 0 Å². The van der Waals surface area contributed by atoms with Crippen LogP contribution >= 0.6 is 0 Å². The molecule has 0 heterocycles. The van der Waals surface area contributed by atoms with Gasteiger partial charge in [-0.05, 0) is 46.5 Å². The molecule has 0 saturated heterocycles. The third kappa shape index (κ3) is 7.07. The molecular weight excluding hydrogens is 484 g/mol. The van der Waals surface area contributed by atoms with E-state index in [2.05, 4.69) is 28.4 Å². The molecule has 28 heavy (non-hydrogen) atoms. The van der Waals surface area contributed by atoms with Crippen LogP contribution in [0.1, 0.15) is 0 Å². The molecule has 0 aliphatic carbocycles. The van der Waals surface area contributed by atoms with Gasteiger partial charge in [0.15, 0.2) is 0 Å². The fourth-order valence-corrected chi connectivity index (χ4v) is 2.60. The van der Waals surface area contributed by atoms with Gasteiger partial charge in [-0.3, -0.25) is 0 Å². The van der Waals surface area contributed by atoms with Crippen LogP contribution in [0.4, 0.5) is 8.78 Å². The van der Waals surface area contributed by atoms with Crippen LogP contribution in [-0.2, 0) is 0 Å². The number of hydrogen-bond donors (Lipinski definition) is 0. The van der Waals surface area contributed by atoms with Gasteiger partial charge in [-0.15, -0.1) is 0 Å². The van der Waals surface area contributed by atoms with Crippen molar-refractivity contribution in [3.63, 3.8) is 0 Å². The molecular formula is C24H18F2Se2. The Morgan fingerprint density at radius 1 is 0.393 bits per heavy atom. The number of rotatable bonds is 2. The van der Waals surface area contributed by atoms with Gasteiger partial charge in [-0.1, -0.05) is 84.9 Å². The van der Waals surface area contributed by atoms with Gasteiger partial charge in [0.2, 0.25) is 0 Å². The van der Waals surface area contributed by atoms with Gasteiger partial charge in [-0.2, -0.15) is 0 Å². The molecule has 0 aromatic heterocycles. The molecule has 140 valence electrons. The van der Waals surface area contributed by atoms with Crippen LogP contribution in [0.15, 0.2) is 109 Å². The second-order valence-corrected chi connectivity index (χ2v) is 5.75. The van der Waals surface area contributed by atoms with Crippen molar-refractivity contribution < 1.29 is 8.78 Å². The van der Waals surface area contributed by atoms with Gasteiger partial charge in [0.05, 0.1) is 0 Å². The first-order valence-corrected chi connectivity index (χ1v) is 12.8. The number of halogens is 2. The monoisotopic (exact) mass is 504 g/mol. The summed E-state index contributed by atoms with van der Waals surface area (Å²) in [6.07, 6.45) is 0. The van der Waals surface area contributed by atoms with E-state index in [4.69, 9.17) is 0 Å². The summed E-state index contributed by atoms with van der Waals surface area (Å²) in [4.78, 5) is 0. The molecule has 0 unspecified atom stereocenters. The zero-order valence-corrected chi connectivity index (χ0v) is 18.4. The van der Waals surface area contributed by atoms with Crippen LogP contribution in [0.3, 0.4) is 0 Å². The quantitative estimate of drug-likeness (QED) is 0.286. The summed E-state index contributed by atoms with van der Waals surface area (Å²) in [6, 6.07) is 32.8. The molecule has 2 radical (unpaired) electrons. The van der Waals surface area contributed by atoms with Gasteiger partial charge in [-0.25, -0.2) is 8.78 Å². The van der Waals surface area contributed by atoms with Crippen LogP contribution in [0, 0.1) is 11.6 Å². The predicted molar refractivity (Wildman–Crippen MR) is 115 cm³/mol. The van der Waals surface area contributed by atoms with E-state index in [1.165, 1.54) is 24.3 Å². The Balaban J connectivity index is 0.000000184. The van der Waals surface area contributed by atoms with Crippen molar-refractivity contribution in [2.24, 2.45) is 0 Å². The molecule has 0 bridgehead atoms. The Morgan fingerprint density at radius 2 is 0.714 bits per heavy atom. The van der Waals surface area contributed by atoms with Crippen LogP contribution in [0.2, 0.25) is 0 Å². The van der Waals surface area contributed by atoms with Crippen LogP contribution in [-0.4, -0.2) is 28.4 Å². The van der Waals surface area contributed by atoms with Crippen molar-refractivity contribution in [1.82, 2.24) is 0 Å². The van der Waals surface area contributed by atoms with E-state index >= 15 is 0 Å². The Bertz CT molecular complexity index is 877. The fourth-order valence-electron chi connectivity index (χ4n) is 2.60. The first-order valence-electron chi connectivity index (χ1n) is 8.51. The molecule has 0 nitrogen and oxygen atoms in total. The summed E-state index contributed by atoms with van der Waals surface area (Å²) in [5, 5.41) is 0. The minimum absolute atomic E-state index is 0.193. The third-order valence-electron chi connectivity index (χ3n) is 3.86. The Kier molecular flexibility index (Phi) is 9.68. The van der Waals surface area contributed by atoms with Crippen molar-refractivity contribution in [3.05, 3.63) is 121 Å². The molecule has 0 atom stereocenters. The Labute approximate surface area is 179 Å². The first kappa shape index (κ1) is 22.1. The van der Waals surface area contributed by atoms with Gasteiger partial charge in [0.1, 0.15) is 11.6 Å². The van der Waals surface area contributed by atoms with E-state index in [0.29, 0.717) is 0 Å². The normalized spacial score (nSPS) is 9.43. The molecule has 0 aliphatic rings. The predicted octanol–water partition coefficient (Wildman–Crippen LogP) is 6.22. The van der Waals surface area contributed by atoms with Crippen molar-refractivity contribution in [1.29, 1.82) is 0 Å². The van der Waals surface area contributed by atoms with E-state index in [0.717, 1.165) is 22.3 Å². The average molecular weight is 502 g/mol. The number of benzene rings is 4. The molecule has 4 aromatic rings.